The standard InChI is InChI=1S/C6H14N2O/c1-5(2)6(9)8-4-3-7/h5H,3-4,7H2,1-2H3,(H,8,9)/p+1. The molecule has 0 aliphatic rings. The zero-order valence-electron chi connectivity index (χ0n) is 6.11. The summed E-state index contributed by atoms with van der Waals surface area (Å²) >= 11 is 0. The van der Waals surface area contributed by atoms with Crippen LogP contribution in [0.15, 0.2) is 0 Å². The third-order valence-electron chi connectivity index (χ3n) is 1.00. The van der Waals surface area contributed by atoms with Gasteiger partial charge < -0.3 is 11.1 Å². The van der Waals surface area contributed by atoms with Crippen molar-refractivity contribution in [2.24, 2.45) is 5.92 Å². The Labute approximate surface area is 55.6 Å². The average molecular weight is 131 g/mol. The lowest BCUT2D eigenvalue weighted by atomic mass is 10.2. The van der Waals surface area contributed by atoms with E-state index < -0.39 is 0 Å². The predicted octanol–water partition coefficient (Wildman–Crippen LogP) is -0.999. The molecule has 0 saturated heterocycles. The van der Waals surface area contributed by atoms with Crippen LogP contribution in [0.4, 0.5) is 0 Å². The van der Waals surface area contributed by atoms with E-state index in [1.54, 1.807) is 0 Å². The minimum atomic E-state index is 0.0940. The van der Waals surface area contributed by atoms with Crippen molar-refractivity contribution < 1.29 is 10.5 Å². The van der Waals surface area contributed by atoms with Crippen LogP contribution in [0.2, 0.25) is 0 Å². The molecule has 9 heavy (non-hydrogen) atoms. The third-order valence-corrected chi connectivity index (χ3v) is 1.00. The van der Waals surface area contributed by atoms with E-state index in [-0.39, 0.29) is 11.8 Å². The summed E-state index contributed by atoms with van der Waals surface area (Å²) in [5.41, 5.74) is 3.60. The molecule has 0 aliphatic heterocycles. The molecule has 0 aromatic carbocycles. The Morgan fingerprint density at radius 3 is 2.56 bits per heavy atom. The highest BCUT2D eigenvalue weighted by molar-refractivity contribution is 5.77. The first-order chi connectivity index (χ1) is 4.18. The summed E-state index contributed by atoms with van der Waals surface area (Å²) in [6.07, 6.45) is 0. The largest absolute Gasteiger partial charge is 0.356 e. The highest BCUT2D eigenvalue weighted by Crippen LogP contribution is 1.88. The predicted molar refractivity (Wildman–Crippen MR) is 35.6 cm³/mol. The smallest absolute Gasteiger partial charge is 0.222 e. The number of quaternary nitrogens is 1. The van der Waals surface area contributed by atoms with Crippen LogP contribution in [-0.2, 0) is 4.79 Å². The quantitative estimate of drug-likeness (QED) is 0.507. The van der Waals surface area contributed by atoms with Gasteiger partial charge in [0.2, 0.25) is 5.91 Å². The Morgan fingerprint density at radius 1 is 1.67 bits per heavy atom. The molecule has 0 unspecified atom stereocenters. The van der Waals surface area contributed by atoms with Gasteiger partial charge in [-0.25, -0.2) is 0 Å². The van der Waals surface area contributed by atoms with Crippen LogP contribution in [0.5, 0.6) is 0 Å². The number of nitrogens with one attached hydrogen (secondary N) is 1. The number of carbonyl (C=O) groups is 1. The normalized spacial score (nSPS) is 9.78. The van der Waals surface area contributed by atoms with Gasteiger partial charge in [-0.2, -0.15) is 0 Å². The first-order valence-corrected chi connectivity index (χ1v) is 3.25. The van der Waals surface area contributed by atoms with Crippen LogP contribution < -0.4 is 11.1 Å². The van der Waals surface area contributed by atoms with Crippen molar-refractivity contribution >= 4 is 5.91 Å². The van der Waals surface area contributed by atoms with Crippen molar-refractivity contribution in [2.75, 3.05) is 13.1 Å². The molecule has 0 rings (SSSR count). The SMILES string of the molecule is CC(C)C(=O)NCC[NH3+]. The maximum atomic E-state index is 10.8. The third kappa shape index (κ3) is 3.97. The van der Waals surface area contributed by atoms with E-state index in [0.717, 1.165) is 6.54 Å². The van der Waals surface area contributed by atoms with Crippen molar-refractivity contribution in [3.05, 3.63) is 0 Å². The molecule has 3 heteroatoms. The topological polar surface area (TPSA) is 56.7 Å². The molecule has 54 valence electrons. The van der Waals surface area contributed by atoms with Gasteiger partial charge in [-0.1, -0.05) is 13.8 Å². The molecule has 0 atom stereocenters. The molecule has 0 fully saturated rings. The van der Waals surface area contributed by atoms with Gasteiger partial charge in [-0.05, 0) is 0 Å². The van der Waals surface area contributed by atoms with Gasteiger partial charge >= 0.3 is 0 Å². The molecule has 1 amide bonds. The number of amides is 1. The van der Waals surface area contributed by atoms with Gasteiger partial charge in [0.05, 0.1) is 13.1 Å². The Kier molecular flexibility index (Phi) is 4.05. The minimum absolute atomic E-state index is 0.0940. The molecule has 0 saturated carbocycles. The maximum absolute atomic E-state index is 10.8. The van der Waals surface area contributed by atoms with Gasteiger partial charge in [-0.3, -0.25) is 4.79 Å². The summed E-state index contributed by atoms with van der Waals surface area (Å²) in [5.74, 6) is 0.204. The molecule has 4 N–H and O–H groups in total. The Bertz CT molecular complexity index is 91.1. The lowest BCUT2D eigenvalue weighted by molar-refractivity contribution is -0.364. The second-order valence-corrected chi connectivity index (χ2v) is 2.30. The monoisotopic (exact) mass is 131 g/mol. The lowest BCUT2D eigenvalue weighted by Gasteiger charge is -2.03. The number of hydrogen-bond donors (Lipinski definition) is 2. The minimum Gasteiger partial charge on any atom is -0.356 e. The van der Waals surface area contributed by atoms with Crippen LogP contribution in [0, 0.1) is 5.92 Å². The summed E-state index contributed by atoms with van der Waals surface area (Å²) in [6.45, 7) is 5.20. The molecule has 0 spiro atoms. The van der Waals surface area contributed by atoms with E-state index in [1.165, 1.54) is 0 Å². The molecule has 0 heterocycles. The van der Waals surface area contributed by atoms with Gasteiger partial charge in [0.15, 0.2) is 0 Å². The van der Waals surface area contributed by atoms with Gasteiger partial charge in [-0.15, -0.1) is 0 Å². The van der Waals surface area contributed by atoms with Gasteiger partial charge in [0.1, 0.15) is 0 Å². The summed E-state index contributed by atoms with van der Waals surface area (Å²) in [5, 5.41) is 2.73. The second-order valence-electron chi connectivity index (χ2n) is 2.30. The van der Waals surface area contributed by atoms with Crippen LogP contribution in [0.1, 0.15) is 13.8 Å². The molecule has 0 bridgehead atoms. The van der Waals surface area contributed by atoms with E-state index in [2.05, 4.69) is 11.1 Å². The Balaban J connectivity index is 3.28. The summed E-state index contributed by atoms with van der Waals surface area (Å²) in [6, 6.07) is 0. The molecule has 0 aliphatic carbocycles. The van der Waals surface area contributed by atoms with Gasteiger partial charge in [0.25, 0.3) is 0 Å². The molecule has 3 nitrogen and oxygen atoms in total. The maximum Gasteiger partial charge on any atom is 0.222 e. The van der Waals surface area contributed by atoms with Crippen LogP contribution >= 0.6 is 0 Å². The van der Waals surface area contributed by atoms with Crippen molar-refractivity contribution in [1.82, 2.24) is 5.32 Å². The van der Waals surface area contributed by atoms with Crippen LogP contribution in [0.25, 0.3) is 0 Å². The van der Waals surface area contributed by atoms with Crippen molar-refractivity contribution in [3.8, 4) is 0 Å². The summed E-state index contributed by atoms with van der Waals surface area (Å²) in [7, 11) is 0. The highest BCUT2D eigenvalue weighted by atomic mass is 16.1. The average Bonchev–Trinajstić information content (AvgIpc) is 1.82. The zero-order chi connectivity index (χ0) is 7.28. The van der Waals surface area contributed by atoms with E-state index in [4.69, 9.17) is 0 Å². The number of rotatable bonds is 3. The Hall–Kier alpha value is -0.570. The first-order valence-electron chi connectivity index (χ1n) is 3.25. The second kappa shape index (κ2) is 4.32. The number of carbonyl (C=O) groups excluding carboxylic acids is 1. The first kappa shape index (κ1) is 8.43. The van der Waals surface area contributed by atoms with Gasteiger partial charge in [0, 0.05) is 5.92 Å². The molecular formula is C6H15N2O+. The fraction of sp³-hybridized carbons (Fsp3) is 0.833. The lowest BCUT2D eigenvalue weighted by Crippen LogP contribution is -2.55. The van der Waals surface area contributed by atoms with E-state index in [9.17, 15) is 4.79 Å². The zero-order valence-corrected chi connectivity index (χ0v) is 6.11. The molecule has 0 aromatic rings. The highest BCUT2D eigenvalue weighted by Gasteiger charge is 2.03. The molecule has 0 aromatic heterocycles. The van der Waals surface area contributed by atoms with Crippen LogP contribution in [0.3, 0.4) is 0 Å². The molecule has 0 radical (unpaired) electrons. The summed E-state index contributed by atoms with van der Waals surface area (Å²) in [4.78, 5) is 10.8. The van der Waals surface area contributed by atoms with E-state index in [0.29, 0.717) is 6.54 Å². The number of hydrogen-bond acceptors (Lipinski definition) is 1. The van der Waals surface area contributed by atoms with Crippen molar-refractivity contribution in [3.63, 3.8) is 0 Å². The fourth-order valence-electron chi connectivity index (χ4n) is 0.416. The van der Waals surface area contributed by atoms with Crippen molar-refractivity contribution in [1.29, 1.82) is 0 Å². The van der Waals surface area contributed by atoms with Crippen molar-refractivity contribution in [2.45, 2.75) is 13.8 Å². The fourth-order valence-corrected chi connectivity index (χ4v) is 0.416. The van der Waals surface area contributed by atoms with E-state index >= 15 is 0 Å². The van der Waals surface area contributed by atoms with Crippen LogP contribution in [-0.4, -0.2) is 19.0 Å². The summed E-state index contributed by atoms with van der Waals surface area (Å²) < 4.78 is 0. The van der Waals surface area contributed by atoms with E-state index in [1.807, 2.05) is 13.8 Å². The molecular weight excluding hydrogens is 116 g/mol. The Morgan fingerprint density at radius 2 is 2.22 bits per heavy atom.